The van der Waals surface area contributed by atoms with E-state index in [1.165, 1.54) is 6.07 Å². The van der Waals surface area contributed by atoms with E-state index < -0.39 is 6.10 Å². The van der Waals surface area contributed by atoms with Gasteiger partial charge in [0.05, 0.1) is 6.10 Å². The maximum absolute atomic E-state index is 13.8. The molecule has 3 heteroatoms. The van der Waals surface area contributed by atoms with Crippen molar-refractivity contribution in [3.63, 3.8) is 0 Å². The molecule has 0 spiro atoms. The smallest absolute Gasteiger partial charge is 0.131 e. The standard InChI is InChI=1S/C14H20FNO/c1-9-7-16(8-10(9)2)13-6-4-5-12(15)14(13)11(3)17/h4-6,9-11,17H,7-8H2,1-3H3. The van der Waals surface area contributed by atoms with Gasteiger partial charge in [-0.2, -0.15) is 0 Å². The van der Waals surface area contributed by atoms with Crippen molar-refractivity contribution >= 4 is 5.69 Å². The van der Waals surface area contributed by atoms with Crippen molar-refractivity contribution in [1.29, 1.82) is 0 Å². The van der Waals surface area contributed by atoms with Crippen molar-refractivity contribution in [2.45, 2.75) is 26.9 Å². The average Bonchev–Trinajstić information content (AvgIpc) is 2.58. The van der Waals surface area contributed by atoms with Crippen molar-refractivity contribution in [2.75, 3.05) is 18.0 Å². The van der Waals surface area contributed by atoms with Gasteiger partial charge in [-0.05, 0) is 30.9 Å². The molecule has 1 heterocycles. The molecule has 1 aromatic rings. The molecule has 1 aliphatic rings. The van der Waals surface area contributed by atoms with Gasteiger partial charge in [0.15, 0.2) is 0 Å². The third-order valence-corrected chi connectivity index (χ3v) is 3.78. The zero-order valence-electron chi connectivity index (χ0n) is 10.7. The first-order valence-electron chi connectivity index (χ1n) is 6.22. The van der Waals surface area contributed by atoms with Gasteiger partial charge in [-0.1, -0.05) is 19.9 Å². The Kier molecular flexibility index (Phi) is 3.38. The molecule has 1 fully saturated rings. The lowest BCUT2D eigenvalue weighted by Crippen LogP contribution is -2.22. The number of rotatable bonds is 2. The molecule has 94 valence electrons. The average molecular weight is 237 g/mol. The van der Waals surface area contributed by atoms with Gasteiger partial charge >= 0.3 is 0 Å². The third kappa shape index (κ3) is 2.29. The SMILES string of the molecule is CC(O)c1c(F)cccc1N1CC(C)C(C)C1. The molecule has 0 amide bonds. The van der Waals surface area contributed by atoms with Crippen LogP contribution in [0.25, 0.3) is 0 Å². The molecular formula is C14H20FNO. The van der Waals surface area contributed by atoms with Crippen LogP contribution < -0.4 is 4.90 Å². The third-order valence-electron chi connectivity index (χ3n) is 3.78. The van der Waals surface area contributed by atoms with Crippen LogP contribution in [0.1, 0.15) is 32.4 Å². The second-order valence-corrected chi connectivity index (χ2v) is 5.21. The maximum atomic E-state index is 13.8. The van der Waals surface area contributed by atoms with Gasteiger partial charge in [-0.15, -0.1) is 0 Å². The Morgan fingerprint density at radius 3 is 2.41 bits per heavy atom. The minimum Gasteiger partial charge on any atom is -0.389 e. The number of nitrogens with zero attached hydrogens (tertiary/aromatic N) is 1. The second-order valence-electron chi connectivity index (χ2n) is 5.21. The normalized spacial score (nSPS) is 26.3. The van der Waals surface area contributed by atoms with Crippen molar-refractivity contribution in [2.24, 2.45) is 11.8 Å². The van der Waals surface area contributed by atoms with Gasteiger partial charge < -0.3 is 10.0 Å². The summed E-state index contributed by atoms with van der Waals surface area (Å²) in [5.41, 5.74) is 1.27. The quantitative estimate of drug-likeness (QED) is 0.854. The Bertz CT molecular complexity index is 395. The summed E-state index contributed by atoms with van der Waals surface area (Å²) in [6.45, 7) is 7.91. The van der Waals surface area contributed by atoms with E-state index in [2.05, 4.69) is 18.7 Å². The Hall–Kier alpha value is -1.09. The van der Waals surface area contributed by atoms with Gasteiger partial charge in [0.1, 0.15) is 5.82 Å². The summed E-state index contributed by atoms with van der Waals surface area (Å²) in [5.74, 6) is 0.907. The number of aliphatic hydroxyl groups excluding tert-OH is 1. The van der Waals surface area contributed by atoms with Gasteiger partial charge in [-0.25, -0.2) is 4.39 Å². The summed E-state index contributed by atoms with van der Waals surface area (Å²) in [6.07, 6.45) is -0.766. The maximum Gasteiger partial charge on any atom is 0.131 e. The van der Waals surface area contributed by atoms with Crippen LogP contribution in [-0.4, -0.2) is 18.2 Å². The number of hydrogen-bond donors (Lipinski definition) is 1. The summed E-state index contributed by atoms with van der Waals surface area (Å²) >= 11 is 0. The summed E-state index contributed by atoms with van der Waals surface area (Å²) in [7, 11) is 0. The molecule has 1 N–H and O–H groups in total. The van der Waals surface area contributed by atoms with Crippen molar-refractivity contribution in [3.05, 3.63) is 29.6 Å². The summed E-state index contributed by atoms with van der Waals surface area (Å²) in [6, 6.07) is 5.02. The Balaban J connectivity index is 2.36. The fourth-order valence-electron chi connectivity index (χ4n) is 2.54. The molecule has 0 aromatic heterocycles. The van der Waals surface area contributed by atoms with Gasteiger partial charge in [0, 0.05) is 24.3 Å². The second kappa shape index (κ2) is 4.65. The van der Waals surface area contributed by atoms with Crippen LogP contribution in [0.3, 0.4) is 0 Å². The van der Waals surface area contributed by atoms with E-state index in [-0.39, 0.29) is 5.82 Å². The van der Waals surface area contributed by atoms with Crippen molar-refractivity contribution < 1.29 is 9.50 Å². The van der Waals surface area contributed by atoms with E-state index in [0.717, 1.165) is 18.8 Å². The van der Waals surface area contributed by atoms with E-state index in [4.69, 9.17) is 0 Å². The van der Waals surface area contributed by atoms with E-state index in [1.807, 2.05) is 6.07 Å². The zero-order valence-corrected chi connectivity index (χ0v) is 10.7. The van der Waals surface area contributed by atoms with Crippen LogP contribution in [0.5, 0.6) is 0 Å². The first-order valence-corrected chi connectivity index (χ1v) is 6.22. The fraction of sp³-hybridized carbons (Fsp3) is 0.571. The first-order chi connectivity index (χ1) is 8.00. The molecule has 2 nitrogen and oxygen atoms in total. The topological polar surface area (TPSA) is 23.5 Å². The predicted molar refractivity (Wildman–Crippen MR) is 67.6 cm³/mol. The Morgan fingerprint density at radius 1 is 1.29 bits per heavy atom. The van der Waals surface area contributed by atoms with Crippen LogP contribution in [0.4, 0.5) is 10.1 Å². The number of hydrogen-bond acceptors (Lipinski definition) is 2. The molecule has 0 aliphatic carbocycles. The highest BCUT2D eigenvalue weighted by atomic mass is 19.1. The van der Waals surface area contributed by atoms with Gasteiger partial charge in [-0.3, -0.25) is 0 Å². The monoisotopic (exact) mass is 237 g/mol. The Morgan fingerprint density at radius 2 is 1.88 bits per heavy atom. The van der Waals surface area contributed by atoms with Crippen LogP contribution >= 0.6 is 0 Å². The minimum atomic E-state index is -0.766. The lowest BCUT2D eigenvalue weighted by Gasteiger charge is -2.23. The molecule has 0 saturated carbocycles. The molecule has 1 saturated heterocycles. The number of benzene rings is 1. The molecule has 0 bridgehead atoms. The fourth-order valence-corrected chi connectivity index (χ4v) is 2.54. The minimum absolute atomic E-state index is 0.315. The first kappa shape index (κ1) is 12.4. The number of aliphatic hydroxyl groups is 1. The van der Waals surface area contributed by atoms with E-state index in [1.54, 1.807) is 13.0 Å². The van der Waals surface area contributed by atoms with Gasteiger partial charge in [0.25, 0.3) is 0 Å². The van der Waals surface area contributed by atoms with Gasteiger partial charge in [0.2, 0.25) is 0 Å². The molecule has 3 atom stereocenters. The molecular weight excluding hydrogens is 217 g/mol. The van der Waals surface area contributed by atoms with E-state index >= 15 is 0 Å². The molecule has 2 rings (SSSR count). The van der Waals surface area contributed by atoms with Crippen LogP contribution in [0.15, 0.2) is 18.2 Å². The van der Waals surface area contributed by atoms with Crippen LogP contribution in [0, 0.1) is 17.7 Å². The molecule has 17 heavy (non-hydrogen) atoms. The summed E-state index contributed by atoms with van der Waals surface area (Å²) in [4.78, 5) is 2.18. The molecule has 3 unspecified atom stereocenters. The number of halogens is 1. The van der Waals surface area contributed by atoms with Crippen LogP contribution in [0.2, 0.25) is 0 Å². The summed E-state index contributed by atoms with van der Waals surface area (Å²) in [5, 5.41) is 9.71. The molecule has 1 aliphatic heterocycles. The Labute approximate surface area is 102 Å². The largest absolute Gasteiger partial charge is 0.389 e. The highest BCUT2D eigenvalue weighted by Gasteiger charge is 2.28. The van der Waals surface area contributed by atoms with E-state index in [0.29, 0.717) is 17.4 Å². The van der Waals surface area contributed by atoms with Crippen molar-refractivity contribution in [3.8, 4) is 0 Å². The van der Waals surface area contributed by atoms with E-state index in [9.17, 15) is 9.50 Å². The lowest BCUT2D eigenvalue weighted by molar-refractivity contribution is 0.194. The summed E-state index contributed by atoms with van der Waals surface area (Å²) < 4.78 is 13.8. The highest BCUT2D eigenvalue weighted by molar-refractivity contribution is 5.56. The highest BCUT2D eigenvalue weighted by Crippen LogP contribution is 2.34. The number of anilines is 1. The lowest BCUT2D eigenvalue weighted by atomic mass is 10.0. The predicted octanol–water partition coefficient (Wildman–Crippen LogP) is 2.97. The van der Waals surface area contributed by atoms with Crippen molar-refractivity contribution in [1.82, 2.24) is 0 Å². The molecule has 1 aromatic carbocycles. The van der Waals surface area contributed by atoms with Crippen LogP contribution in [-0.2, 0) is 0 Å². The molecule has 0 radical (unpaired) electrons. The zero-order chi connectivity index (χ0) is 12.6.